The third kappa shape index (κ3) is 2.94. The molecular formula is C18H19N5O2. The van der Waals surface area contributed by atoms with Gasteiger partial charge in [-0.05, 0) is 38.4 Å². The highest BCUT2D eigenvalue weighted by Crippen LogP contribution is 2.34. The second-order valence-corrected chi connectivity index (χ2v) is 6.36. The van der Waals surface area contributed by atoms with Crippen LogP contribution < -0.4 is 9.64 Å². The molecule has 25 heavy (non-hydrogen) atoms. The lowest BCUT2D eigenvalue weighted by atomic mass is 10.1. The fraction of sp³-hybridized carbons (Fsp3) is 0.278. The van der Waals surface area contributed by atoms with Crippen molar-refractivity contribution < 1.29 is 9.53 Å². The van der Waals surface area contributed by atoms with Gasteiger partial charge in [0.1, 0.15) is 17.5 Å². The summed E-state index contributed by atoms with van der Waals surface area (Å²) >= 11 is 0. The number of rotatable bonds is 3. The molecular weight excluding hydrogens is 318 g/mol. The molecule has 0 bridgehead atoms. The third-order valence-electron chi connectivity index (χ3n) is 4.15. The van der Waals surface area contributed by atoms with Crippen LogP contribution in [0.1, 0.15) is 10.5 Å². The maximum absolute atomic E-state index is 13.1. The maximum atomic E-state index is 13.1. The molecule has 7 heteroatoms. The van der Waals surface area contributed by atoms with Gasteiger partial charge in [0.2, 0.25) is 0 Å². The molecule has 1 N–H and O–H groups in total. The van der Waals surface area contributed by atoms with Gasteiger partial charge in [-0.2, -0.15) is 0 Å². The van der Waals surface area contributed by atoms with Crippen LogP contribution in [0, 0.1) is 0 Å². The van der Waals surface area contributed by atoms with Gasteiger partial charge in [0.05, 0.1) is 24.1 Å². The van der Waals surface area contributed by atoms with Gasteiger partial charge >= 0.3 is 0 Å². The van der Waals surface area contributed by atoms with Gasteiger partial charge in [-0.1, -0.05) is 12.1 Å². The van der Waals surface area contributed by atoms with Gasteiger partial charge in [0, 0.05) is 6.54 Å². The quantitative estimate of drug-likeness (QED) is 0.790. The number of H-pyrrole nitrogens is 1. The van der Waals surface area contributed by atoms with E-state index in [1.165, 1.54) is 0 Å². The SMILES string of the molecule is CN(C)CC1CN(C(=O)c2ccc3[nH]cnc3n2)c2ccccc2O1. The van der Waals surface area contributed by atoms with Crippen molar-refractivity contribution in [3.63, 3.8) is 0 Å². The Kier molecular flexibility index (Phi) is 3.85. The number of pyridine rings is 1. The van der Waals surface area contributed by atoms with E-state index >= 15 is 0 Å². The number of hydrogen-bond donors (Lipinski definition) is 1. The van der Waals surface area contributed by atoms with E-state index in [0.29, 0.717) is 17.9 Å². The summed E-state index contributed by atoms with van der Waals surface area (Å²) in [5.41, 5.74) is 2.49. The number of carbonyl (C=O) groups excluding carboxylic acids is 1. The number of nitrogens with zero attached hydrogens (tertiary/aromatic N) is 4. The first-order valence-electron chi connectivity index (χ1n) is 8.14. The number of para-hydroxylation sites is 2. The molecule has 3 aromatic rings. The Morgan fingerprint density at radius 3 is 3.00 bits per heavy atom. The number of benzene rings is 1. The summed E-state index contributed by atoms with van der Waals surface area (Å²) in [5, 5.41) is 0. The summed E-state index contributed by atoms with van der Waals surface area (Å²) in [7, 11) is 3.98. The second kappa shape index (κ2) is 6.18. The Balaban J connectivity index is 1.70. The van der Waals surface area contributed by atoms with Gasteiger partial charge in [0.25, 0.3) is 5.91 Å². The lowest BCUT2D eigenvalue weighted by molar-refractivity contribution is 0.0936. The number of anilines is 1. The molecule has 0 saturated heterocycles. The molecule has 2 aromatic heterocycles. The number of hydrogen-bond acceptors (Lipinski definition) is 5. The summed E-state index contributed by atoms with van der Waals surface area (Å²) in [6.45, 7) is 1.21. The molecule has 3 heterocycles. The zero-order chi connectivity index (χ0) is 17.4. The summed E-state index contributed by atoms with van der Waals surface area (Å²) < 4.78 is 6.04. The van der Waals surface area contributed by atoms with Crippen LogP contribution in [0.2, 0.25) is 0 Å². The first-order chi connectivity index (χ1) is 12.1. The molecule has 1 aliphatic heterocycles. The summed E-state index contributed by atoms with van der Waals surface area (Å²) in [6, 6.07) is 11.1. The van der Waals surface area contributed by atoms with E-state index in [9.17, 15) is 4.79 Å². The number of aromatic amines is 1. The van der Waals surface area contributed by atoms with E-state index in [1.807, 2.05) is 44.4 Å². The molecule has 0 radical (unpaired) electrons. The number of ether oxygens (including phenoxy) is 1. The van der Waals surface area contributed by atoms with Crippen LogP contribution >= 0.6 is 0 Å². The summed E-state index contributed by atoms with van der Waals surface area (Å²) in [6.07, 6.45) is 1.48. The van der Waals surface area contributed by atoms with Gasteiger partial charge in [-0.25, -0.2) is 9.97 Å². The number of likely N-dealkylation sites (N-methyl/N-ethyl adjacent to an activating group) is 1. The van der Waals surface area contributed by atoms with E-state index in [-0.39, 0.29) is 12.0 Å². The first kappa shape index (κ1) is 15.6. The van der Waals surface area contributed by atoms with Crippen molar-refractivity contribution in [1.29, 1.82) is 0 Å². The standard InChI is InChI=1S/C18H19N5O2/c1-22(2)9-12-10-23(15-5-3-4-6-16(15)25-12)18(24)14-8-7-13-17(21-14)20-11-19-13/h3-8,11-12H,9-10H2,1-2H3,(H,19,20,21). The Hall–Kier alpha value is -2.93. The van der Waals surface area contributed by atoms with E-state index in [0.717, 1.165) is 23.5 Å². The zero-order valence-corrected chi connectivity index (χ0v) is 14.1. The fourth-order valence-corrected chi connectivity index (χ4v) is 3.07. The predicted molar refractivity (Wildman–Crippen MR) is 95.0 cm³/mol. The Morgan fingerprint density at radius 2 is 2.16 bits per heavy atom. The van der Waals surface area contributed by atoms with E-state index < -0.39 is 0 Å². The van der Waals surface area contributed by atoms with Crippen LogP contribution in [0.25, 0.3) is 11.2 Å². The number of carbonyl (C=O) groups is 1. The van der Waals surface area contributed by atoms with E-state index in [2.05, 4.69) is 19.9 Å². The first-order valence-corrected chi connectivity index (χ1v) is 8.14. The molecule has 1 unspecified atom stereocenters. The zero-order valence-electron chi connectivity index (χ0n) is 14.1. The Labute approximate surface area is 145 Å². The van der Waals surface area contributed by atoms with E-state index in [1.54, 1.807) is 17.3 Å². The second-order valence-electron chi connectivity index (χ2n) is 6.36. The number of amides is 1. The predicted octanol–water partition coefficient (Wildman–Crippen LogP) is 1.93. The van der Waals surface area contributed by atoms with Crippen LogP contribution in [-0.2, 0) is 0 Å². The van der Waals surface area contributed by atoms with Crippen molar-refractivity contribution in [3.05, 3.63) is 48.4 Å². The average molecular weight is 337 g/mol. The average Bonchev–Trinajstić information content (AvgIpc) is 3.07. The van der Waals surface area contributed by atoms with E-state index in [4.69, 9.17) is 4.74 Å². The topological polar surface area (TPSA) is 74.4 Å². The van der Waals surface area contributed by atoms with Gasteiger partial charge < -0.3 is 14.6 Å². The molecule has 0 fully saturated rings. The van der Waals surface area contributed by atoms with Crippen molar-refractivity contribution in [1.82, 2.24) is 19.9 Å². The smallest absolute Gasteiger partial charge is 0.277 e. The molecule has 128 valence electrons. The maximum Gasteiger partial charge on any atom is 0.277 e. The highest BCUT2D eigenvalue weighted by atomic mass is 16.5. The van der Waals surface area contributed by atoms with Crippen LogP contribution in [0.3, 0.4) is 0 Å². The fourth-order valence-electron chi connectivity index (χ4n) is 3.07. The minimum absolute atomic E-state index is 0.0945. The van der Waals surface area contributed by atoms with Crippen LogP contribution in [-0.4, -0.2) is 59.0 Å². The lowest BCUT2D eigenvalue weighted by Crippen LogP contribution is -2.47. The minimum Gasteiger partial charge on any atom is -0.485 e. The molecule has 0 spiro atoms. The molecule has 1 atom stereocenters. The van der Waals surface area contributed by atoms with Crippen molar-refractivity contribution in [2.75, 3.05) is 32.1 Å². The van der Waals surface area contributed by atoms with Crippen molar-refractivity contribution in [2.45, 2.75) is 6.10 Å². The van der Waals surface area contributed by atoms with Gasteiger partial charge in [-0.3, -0.25) is 9.69 Å². The number of nitrogens with one attached hydrogen (secondary N) is 1. The number of imidazole rings is 1. The summed E-state index contributed by atoms with van der Waals surface area (Å²) in [4.78, 5) is 28.4. The van der Waals surface area contributed by atoms with Gasteiger partial charge in [-0.15, -0.1) is 0 Å². The molecule has 0 aliphatic carbocycles. The number of fused-ring (bicyclic) bond motifs is 2. The van der Waals surface area contributed by atoms with Crippen molar-refractivity contribution in [2.24, 2.45) is 0 Å². The highest BCUT2D eigenvalue weighted by Gasteiger charge is 2.31. The largest absolute Gasteiger partial charge is 0.485 e. The molecule has 7 nitrogen and oxygen atoms in total. The molecule has 4 rings (SSSR count). The lowest BCUT2D eigenvalue weighted by Gasteiger charge is -2.35. The van der Waals surface area contributed by atoms with Crippen LogP contribution in [0.5, 0.6) is 5.75 Å². The van der Waals surface area contributed by atoms with Gasteiger partial charge in [0.15, 0.2) is 5.65 Å². The monoisotopic (exact) mass is 337 g/mol. The minimum atomic E-state index is -0.149. The Morgan fingerprint density at radius 1 is 1.32 bits per heavy atom. The van der Waals surface area contributed by atoms with Crippen molar-refractivity contribution >= 4 is 22.8 Å². The molecule has 1 aromatic carbocycles. The van der Waals surface area contributed by atoms with Crippen LogP contribution in [0.4, 0.5) is 5.69 Å². The van der Waals surface area contributed by atoms with Crippen LogP contribution in [0.15, 0.2) is 42.7 Å². The Bertz CT molecular complexity index is 920. The number of aromatic nitrogens is 3. The van der Waals surface area contributed by atoms with Crippen molar-refractivity contribution in [3.8, 4) is 5.75 Å². The summed E-state index contributed by atoms with van der Waals surface area (Å²) in [5.74, 6) is 0.569. The highest BCUT2D eigenvalue weighted by molar-refractivity contribution is 6.06. The normalized spacial score (nSPS) is 16.8. The molecule has 1 amide bonds. The molecule has 0 saturated carbocycles. The molecule has 1 aliphatic rings. The third-order valence-corrected chi connectivity index (χ3v) is 4.15.